The predicted octanol–water partition coefficient (Wildman–Crippen LogP) is 3.35. The maximum absolute atomic E-state index is 13.1. The van der Waals surface area contributed by atoms with Crippen LogP contribution >= 0.6 is 11.8 Å². The zero-order chi connectivity index (χ0) is 16.7. The van der Waals surface area contributed by atoms with E-state index in [1.807, 2.05) is 4.40 Å². The summed E-state index contributed by atoms with van der Waals surface area (Å²) in [5.41, 5.74) is 2.14. The molecule has 0 unspecified atom stereocenters. The molecule has 122 valence electrons. The van der Waals surface area contributed by atoms with Crippen LogP contribution < -0.4 is 0 Å². The second-order valence-electron chi connectivity index (χ2n) is 5.90. The van der Waals surface area contributed by atoms with Crippen molar-refractivity contribution in [1.82, 2.24) is 29.4 Å². The van der Waals surface area contributed by atoms with Crippen molar-refractivity contribution in [1.29, 1.82) is 0 Å². The third-order valence-electron chi connectivity index (χ3n) is 3.56. The van der Waals surface area contributed by atoms with E-state index in [1.54, 1.807) is 41.1 Å². The molecule has 4 aromatic rings. The van der Waals surface area contributed by atoms with E-state index in [0.29, 0.717) is 11.6 Å². The van der Waals surface area contributed by atoms with Crippen LogP contribution in [-0.4, -0.2) is 35.1 Å². The summed E-state index contributed by atoms with van der Waals surface area (Å²) in [4.78, 5) is 4.50. The van der Waals surface area contributed by atoms with Crippen LogP contribution in [0.1, 0.15) is 13.8 Å². The molecule has 0 amide bonds. The Morgan fingerprint density at radius 2 is 1.92 bits per heavy atom. The molecule has 3 aromatic heterocycles. The molecule has 0 N–H and O–H groups in total. The van der Waals surface area contributed by atoms with Crippen LogP contribution in [0.3, 0.4) is 0 Å². The monoisotopic (exact) mass is 342 g/mol. The number of hydrogen-bond donors (Lipinski definition) is 0. The Hall–Kier alpha value is -2.48. The highest BCUT2D eigenvalue weighted by Crippen LogP contribution is 2.24. The molecule has 0 saturated heterocycles. The third kappa shape index (κ3) is 2.52. The van der Waals surface area contributed by atoms with Gasteiger partial charge in [-0.05, 0) is 30.2 Å². The number of hydrogen-bond acceptors (Lipinski definition) is 5. The van der Waals surface area contributed by atoms with E-state index in [-0.39, 0.29) is 5.82 Å². The van der Waals surface area contributed by atoms with E-state index < -0.39 is 0 Å². The molecule has 6 nitrogen and oxygen atoms in total. The normalized spacial score (nSPS) is 11.8. The summed E-state index contributed by atoms with van der Waals surface area (Å²) in [6.45, 7) is 4.33. The molecule has 0 aliphatic carbocycles. The molecule has 0 radical (unpaired) electrons. The van der Waals surface area contributed by atoms with Gasteiger partial charge in [0.25, 0.3) is 0 Å². The van der Waals surface area contributed by atoms with Crippen molar-refractivity contribution in [3.8, 4) is 5.69 Å². The highest BCUT2D eigenvalue weighted by molar-refractivity contribution is 7.99. The van der Waals surface area contributed by atoms with Gasteiger partial charge in [-0.3, -0.25) is 4.40 Å². The first kappa shape index (κ1) is 15.1. The van der Waals surface area contributed by atoms with Crippen LogP contribution in [0, 0.1) is 11.7 Å². The number of rotatable bonds is 4. The van der Waals surface area contributed by atoms with Crippen molar-refractivity contribution >= 4 is 28.4 Å². The molecule has 24 heavy (non-hydrogen) atoms. The average Bonchev–Trinajstić information content (AvgIpc) is 3.17. The fourth-order valence-corrected chi connectivity index (χ4v) is 3.27. The van der Waals surface area contributed by atoms with Gasteiger partial charge in [-0.1, -0.05) is 25.6 Å². The zero-order valence-electron chi connectivity index (χ0n) is 13.2. The van der Waals surface area contributed by atoms with Gasteiger partial charge in [0.05, 0.1) is 17.3 Å². The Morgan fingerprint density at radius 3 is 2.67 bits per heavy atom. The molecular formula is C16H15FN6S. The summed E-state index contributed by atoms with van der Waals surface area (Å²) in [6, 6.07) is 6.14. The van der Waals surface area contributed by atoms with Crippen LogP contribution in [0.4, 0.5) is 4.39 Å². The Labute approximate surface area is 141 Å². The molecule has 0 bridgehead atoms. The second kappa shape index (κ2) is 5.86. The average molecular weight is 342 g/mol. The molecular weight excluding hydrogens is 327 g/mol. The van der Waals surface area contributed by atoms with Crippen molar-refractivity contribution in [3.05, 3.63) is 42.6 Å². The molecule has 0 aliphatic heterocycles. The number of aromatic nitrogens is 6. The van der Waals surface area contributed by atoms with E-state index in [2.05, 4.69) is 34.1 Å². The van der Waals surface area contributed by atoms with Gasteiger partial charge < -0.3 is 0 Å². The standard InChI is InChI=1S/C16H15FN6S/c1-10(2)8-24-16-21-20-15-13-7-19-23(14(13)18-9-22(15)16)12-5-3-11(17)4-6-12/h3-7,9-10H,8H2,1-2H3. The van der Waals surface area contributed by atoms with E-state index in [4.69, 9.17) is 0 Å². The molecule has 0 fully saturated rings. The van der Waals surface area contributed by atoms with Gasteiger partial charge in [-0.15, -0.1) is 10.2 Å². The lowest BCUT2D eigenvalue weighted by atomic mass is 10.3. The van der Waals surface area contributed by atoms with Crippen LogP contribution in [0.25, 0.3) is 22.4 Å². The van der Waals surface area contributed by atoms with Gasteiger partial charge in [0.2, 0.25) is 0 Å². The number of benzene rings is 1. The Balaban J connectivity index is 1.81. The summed E-state index contributed by atoms with van der Waals surface area (Å²) in [5, 5.41) is 14.6. The Bertz CT molecular complexity index is 1000. The minimum absolute atomic E-state index is 0.283. The van der Waals surface area contributed by atoms with Crippen LogP contribution in [0.2, 0.25) is 0 Å². The van der Waals surface area contributed by atoms with E-state index >= 15 is 0 Å². The van der Waals surface area contributed by atoms with Gasteiger partial charge >= 0.3 is 0 Å². The van der Waals surface area contributed by atoms with Crippen molar-refractivity contribution < 1.29 is 4.39 Å². The molecule has 0 spiro atoms. The van der Waals surface area contributed by atoms with E-state index in [1.165, 1.54) is 12.1 Å². The fourth-order valence-electron chi connectivity index (χ4n) is 2.41. The van der Waals surface area contributed by atoms with Crippen molar-refractivity contribution in [3.63, 3.8) is 0 Å². The number of nitrogens with zero attached hydrogens (tertiary/aromatic N) is 6. The topological polar surface area (TPSA) is 60.9 Å². The third-order valence-corrected chi connectivity index (χ3v) is 4.93. The van der Waals surface area contributed by atoms with E-state index in [0.717, 1.165) is 27.6 Å². The first-order valence-corrected chi connectivity index (χ1v) is 8.58. The lowest BCUT2D eigenvalue weighted by Gasteiger charge is -2.04. The lowest BCUT2D eigenvalue weighted by Crippen LogP contribution is -1.99. The molecule has 0 atom stereocenters. The maximum Gasteiger partial charge on any atom is 0.196 e. The summed E-state index contributed by atoms with van der Waals surface area (Å²) < 4.78 is 16.7. The number of halogens is 1. The SMILES string of the molecule is CC(C)CSc1nnc2c3cnn(-c4ccc(F)cc4)c3ncn12. The van der Waals surface area contributed by atoms with Gasteiger partial charge in [-0.25, -0.2) is 14.1 Å². The van der Waals surface area contributed by atoms with E-state index in [9.17, 15) is 4.39 Å². The van der Waals surface area contributed by atoms with Gasteiger partial charge in [0.15, 0.2) is 16.5 Å². The van der Waals surface area contributed by atoms with Crippen LogP contribution in [-0.2, 0) is 0 Å². The lowest BCUT2D eigenvalue weighted by molar-refractivity contribution is 0.627. The molecule has 8 heteroatoms. The smallest absolute Gasteiger partial charge is 0.196 e. The molecule has 3 heterocycles. The first-order valence-electron chi connectivity index (χ1n) is 7.59. The van der Waals surface area contributed by atoms with Crippen LogP contribution in [0.5, 0.6) is 0 Å². The molecule has 4 rings (SSSR count). The van der Waals surface area contributed by atoms with Crippen molar-refractivity contribution in [2.75, 3.05) is 5.75 Å². The van der Waals surface area contributed by atoms with Crippen molar-refractivity contribution in [2.45, 2.75) is 19.0 Å². The van der Waals surface area contributed by atoms with Gasteiger partial charge in [0, 0.05) is 5.75 Å². The molecule has 1 aromatic carbocycles. The summed E-state index contributed by atoms with van der Waals surface area (Å²) >= 11 is 1.66. The predicted molar refractivity (Wildman–Crippen MR) is 90.9 cm³/mol. The highest BCUT2D eigenvalue weighted by atomic mass is 32.2. The summed E-state index contributed by atoms with van der Waals surface area (Å²) in [7, 11) is 0. The molecule has 0 aliphatic rings. The number of fused-ring (bicyclic) bond motifs is 3. The fraction of sp³-hybridized carbons (Fsp3) is 0.250. The van der Waals surface area contributed by atoms with Gasteiger partial charge in [0.1, 0.15) is 12.1 Å². The second-order valence-corrected chi connectivity index (χ2v) is 6.88. The molecule has 0 saturated carbocycles. The Kier molecular flexibility index (Phi) is 3.68. The Morgan fingerprint density at radius 1 is 1.12 bits per heavy atom. The quantitative estimate of drug-likeness (QED) is 0.532. The first-order chi connectivity index (χ1) is 11.6. The summed E-state index contributed by atoms with van der Waals surface area (Å²) in [6.07, 6.45) is 3.43. The minimum atomic E-state index is -0.283. The van der Waals surface area contributed by atoms with Gasteiger partial charge in [-0.2, -0.15) is 5.10 Å². The minimum Gasteiger partial charge on any atom is -0.260 e. The zero-order valence-corrected chi connectivity index (χ0v) is 14.0. The maximum atomic E-state index is 13.1. The number of thioether (sulfide) groups is 1. The largest absolute Gasteiger partial charge is 0.260 e. The summed E-state index contributed by atoms with van der Waals surface area (Å²) in [5.74, 6) is 1.25. The van der Waals surface area contributed by atoms with Crippen LogP contribution in [0.15, 0.2) is 41.9 Å². The highest BCUT2D eigenvalue weighted by Gasteiger charge is 2.14. The van der Waals surface area contributed by atoms with Crippen molar-refractivity contribution in [2.24, 2.45) is 5.92 Å².